The van der Waals surface area contributed by atoms with Gasteiger partial charge in [-0.25, -0.2) is 0 Å². The Morgan fingerprint density at radius 1 is 1.60 bits per heavy atom. The predicted octanol–water partition coefficient (Wildman–Crippen LogP) is 2.48. The van der Waals surface area contributed by atoms with Crippen LogP contribution in [0.15, 0.2) is 11.1 Å². The van der Waals surface area contributed by atoms with Gasteiger partial charge in [-0.2, -0.15) is 13.2 Å². The van der Waals surface area contributed by atoms with Crippen molar-refractivity contribution in [3.63, 3.8) is 0 Å². The van der Waals surface area contributed by atoms with Gasteiger partial charge in [0.15, 0.2) is 0 Å². The first-order valence-corrected chi connectivity index (χ1v) is 2.66. The molecule has 0 aliphatic rings. The van der Waals surface area contributed by atoms with Gasteiger partial charge < -0.3 is 4.74 Å². The van der Waals surface area contributed by atoms with E-state index in [2.05, 4.69) is 11.8 Å². The maximum absolute atomic E-state index is 11.5. The minimum absolute atomic E-state index is 0.238. The number of allylic oxidation sites excluding steroid dienone is 1. The quantitative estimate of drug-likeness (QED) is 0.623. The molecule has 0 atom stereocenters. The van der Waals surface area contributed by atoms with E-state index in [1.54, 1.807) is 0 Å². The third-order valence-corrected chi connectivity index (χ3v) is 1.02. The summed E-state index contributed by atoms with van der Waals surface area (Å²) in [7, 11) is 2.87. The molecule has 5 heteroatoms. The summed E-state index contributed by atoms with van der Waals surface area (Å²) in [5, 5.41) is -1.18. The highest BCUT2D eigenvalue weighted by Crippen LogP contribution is 2.27. The van der Waals surface area contributed by atoms with Crippen LogP contribution in [-0.2, 0) is 4.74 Å². The summed E-state index contributed by atoms with van der Waals surface area (Å²) in [4.78, 5) is 0. The molecule has 0 amide bonds. The second kappa shape index (κ2) is 3.83. The molecule has 0 spiro atoms. The van der Waals surface area contributed by atoms with Crippen LogP contribution in [-0.4, -0.2) is 12.8 Å². The molecule has 0 rings (SSSR count). The second-order valence-corrected chi connectivity index (χ2v) is 1.83. The molecule has 0 saturated carbocycles. The van der Waals surface area contributed by atoms with Gasteiger partial charge in [-0.15, -0.1) is 0 Å². The van der Waals surface area contributed by atoms with Gasteiger partial charge in [-0.1, -0.05) is 11.6 Å². The zero-order valence-corrected chi connectivity index (χ0v) is 5.67. The van der Waals surface area contributed by atoms with Gasteiger partial charge in [0.05, 0.1) is 13.7 Å². The Kier molecular flexibility index (Phi) is 3.75. The van der Waals surface area contributed by atoms with Crippen LogP contribution in [0.25, 0.3) is 0 Å². The minimum atomic E-state index is -4.47. The average molecular weight is 174 g/mol. The van der Waals surface area contributed by atoms with Crippen LogP contribution in [0.5, 0.6) is 0 Å². The second-order valence-electron chi connectivity index (χ2n) is 1.42. The first-order valence-electron chi connectivity index (χ1n) is 2.28. The van der Waals surface area contributed by atoms with Crippen molar-refractivity contribution in [3.8, 4) is 0 Å². The highest BCUT2D eigenvalue weighted by atomic mass is 35.5. The Hall–Kier alpha value is -0.220. The standard InChI is InChI=1S/C5H5ClF3O/c1-10-3-2-4(6)5(7,8)9/h2H,1,3H2/b4-2-. The molecule has 0 aromatic heterocycles. The van der Waals surface area contributed by atoms with E-state index in [-0.39, 0.29) is 6.61 Å². The van der Waals surface area contributed by atoms with Crippen molar-refractivity contribution in [1.29, 1.82) is 0 Å². The van der Waals surface area contributed by atoms with E-state index in [1.807, 2.05) is 0 Å². The van der Waals surface area contributed by atoms with E-state index in [0.29, 0.717) is 6.08 Å². The van der Waals surface area contributed by atoms with Crippen LogP contribution in [0.3, 0.4) is 0 Å². The SMILES string of the molecule is [CH2]OC/C=C(\Cl)C(F)(F)F. The first-order chi connectivity index (χ1) is 4.48. The molecule has 0 aromatic rings. The Morgan fingerprint density at radius 2 is 2.10 bits per heavy atom. The smallest absolute Gasteiger partial charge is 0.375 e. The summed E-state index contributed by atoms with van der Waals surface area (Å²) in [5.41, 5.74) is 0. The van der Waals surface area contributed by atoms with Gasteiger partial charge in [0.1, 0.15) is 5.03 Å². The number of halogens is 4. The molecule has 0 N–H and O–H groups in total. The van der Waals surface area contributed by atoms with Crippen molar-refractivity contribution in [2.75, 3.05) is 6.61 Å². The largest absolute Gasteiger partial charge is 0.426 e. The van der Waals surface area contributed by atoms with Gasteiger partial charge in [-0.3, -0.25) is 0 Å². The molecule has 0 saturated heterocycles. The molecule has 0 aromatic carbocycles. The fourth-order valence-electron chi connectivity index (χ4n) is 0.248. The highest BCUT2D eigenvalue weighted by Gasteiger charge is 2.31. The van der Waals surface area contributed by atoms with Crippen molar-refractivity contribution in [3.05, 3.63) is 18.2 Å². The summed E-state index contributed by atoms with van der Waals surface area (Å²) in [6.45, 7) is -0.238. The number of hydrogen-bond donors (Lipinski definition) is 0. The minimum Gasteiger partial charge on any atom is -0.375 e. The lowest BCUT2D eigenvalue weighted by molar-refractivity contribution is -0.0849. The van der Waals surface area contributed by atoms with Gasteiger partial charge in [0.25, 0.3) is 0 Å². The predicted molar refractivity (Wildman–Crippen MR) is 31.3 cm³/mol. The lowest BCUT2D eigenvalue weighted by Crippen LogP contribution is -2.07. The topological polar surface area (TPSA) is 9.23 Å². The zero-order valence-electron chi connectivity index (χ0n) is 4.91. The maximum Gasteiger partial charge on any atom is 0.426 e. The third kappa shape index (κ3) is 3.74. The summed E-state index contributed by atoms with van der Waals surface area (Å²) in [5.74, 6) is 0. The van der Waals surface area contributed by atoms with Crippen molar-refractivity contribution in [1.82, 2.24) is 0 Å². The summed E-state index contributed by atoms with van der Waals surface area (Å²) in [6, 6.07) is 0. The monoisotopic (exact) mass is 173 g/mol. The normalized spacial score (nSPS) is 13.9. The Labute approximate surface area is 61.4 Å². The molecule has 0 unspecified atom stereocenters. The van der Waals surface area contributed by atoms with Gasteiger partial charge in [0, 0.05) is 0 Å². The molecule has 0 aliphatic heterocycles. The van der Waals surface area contributed by atoms with Gasteiger partial charge in [0.2, 0.25) is 0 Å². The lowest BCUT2D eigenvalue weighted by atomic mass is 10.5. The number of ether oxygens (including phenoxy) is 1. The molecular formula is C5H5ClF3O. The highest BCUT2D eigenvalue weighted by molar-refractivity contribution is 6.30. The summed E-state index contributed by atoms with van der Waals surface area (Å²) in [6.07, 6.45) is -3.77. The molecule has 0 heterocycles. The van der Waals surface area contributed by atoms with Crippen molar-refractivity contribution in [2.24, 2.45) is 0 Å². The molecular weight excluding hydrogens is 169 g/mol. The Bertz CT molecular complexity index is 129. The molecule has 10 heavy (non-hydrogen) atoms. The molecule has 1 radical (unpaired) electrons. The lowest BCUT2D eigenvalue weighted by Gasteiger charge is -2.02. The van der Waals surface area contributed by atoms with E-state index in [9.17, 15) is 13.2 Å². The molecule has 0 aliphatic carbocycles. The number of alkyl halides is 3. The van der Waals surface area contributed by atoms with Gasteiger partial charge in [-0.05, 0) is 6.08 Å². The van der Waals surface area contributed by atoms with Crippen LogP contribution < -0.4 is 0 Å². The molecule has 0 bridgehead atoms. The van der Waals surface area contributed by atoms with E-state index >= 15 is 0 Å². The molecule has 1 nitrogen and oxygen atoms in total. The molecule has 59 valence electrons. The van der Waals surface area contributed by atoms with Crippen LogP contribution in [0.2, 0.25) is 0 Å². The molecule has 0 fully saturated rings. The fourth-order valence-corrected chi connectivity index (χ4v) is 0.311. The fraction of sp³-hybridized carbons (Fsp3) is 0.400. The van der Waals surface area contributed by atoms with Crippen molar-refractivity contribution >= 4 is 11.6 Å². The maximum atomic E-state index is 11.5. The zero-order chi connectivity index (χ0) is 8.20. The van der Waals surface area contributed by atoms with E-state index in [0.717, 1.165) is 0 Å². The summed E-state index contributed by atoms with van der Waals surface area (Å²) >= 11 is 4.76. The van der Waals surface area contributed by atoms with E-state index in [4.69, 9.17) is 11.6 Å². The van der Waals surface area contributed by atoms with Crippen molar-refractivity contribution in [2.45, 2.75) is 6.18 Å². The van der Waals surface area contributed by atoms with Crippen LogP contribution >= 0.6 is 11.6 Å². The first kappa shape index (κ1) is 9.78. The van der Waals surface area contributed by atoms with E-state index < -0.39 is 11.2 Å². The van der Waals surface area contributed by atoms with E-state index in [1.165, 1.54) is 0 Å². The number of hydrogen-bond acceptors (Lipinski definition) is 1. The number of rotatable bonds is 2. The Morgan fingerprint density at radius 3 is 2.40 bits per heavy atom. The van der Waals surface area contributed by atoms with Crippen LogP contribution in [0, 0.1) is 7.11 Å². The summed E-state index contributed by atoms with van der Waals surface area (Å²) < 4.78 is 38.6. The van der Waals surface area contributed by atoms with Crippen LogP contribution in [0.1, 0.15) is 0 Å². The third-order valence-electron chi connectivity index (χ3n) is 0.651. The average Bonchev–Trinajstić information content (AvgIpc) is 1.80. The van der Waals surface area contributed by atoms with Gasteiger partial charge >= 0.3 is 6.18 Å². The van der Waals surface area contributed by atoms with Crippen LogP contribution in [0.4, 0.5) is 13.2 Å². The van der Waals surface area contributed by atoms with Crippen molar-refractivity contribution < 1.29 is 17.9 Å². The Balaban J connectivity index is 3.93.